The van der Waals surface area contributed by atoms with E-state index in [4.69, 9.17) is 12.2 Å². The number of allylic oxidation sites excluding steroid dienone is 12. The average Bonchev–Trinajstić information content (AvgIpc) is 2.91. The second-order valence-corrected chi connectivity index (χ2v) is 9.62. The molecule has 0 saturated carbocycles. The summed E-state index contributed by atoms with van der Waals surface area (Å²) in [5, 5.41) is 0.204. The lowest BCUT2D eigenvalue weighted by molar-refractivity contribution is -0.132. The molecule has 6 heteroatoms. The number of amides is 2. The summed E-state index contributed by atoms with van der Waals surface area (Å²) in [5.74, 6) is -0.781. The van der Waals surface area contributed by atoms with Gasteiger partial charge in [-0.2, -0.15) is 0 Å². The van der Waals surface area contributed by atoms with E-state index < -0.39 is 11.8 Å². The fourth-order valence-electron chi connectivity index (χ4n) is 4.82. The third kappa shape index (κ3) is 6.33. The van der Waals surface area contributed by atoms with Gasteiger partial charge in [-0.05, 0) is 72.8 Å². The average molecular weight is 512 g/mol. The van der Waals surface area contributed by atoms with Gasteiger partial charge in [0, 0.05) is 32.9 Å². The van der Waals surface area contributed by atoms with Crippen LogP contribution in [0.3, 0.4) is 0 Å². The van der Waals surface area contributed by atoms with E-state index >= 15 is 0 Å². The molecule has 3 aliphatic heterocycles. The molecule has 0 N–H and O–H groups in total. The summed E-state index contributed by atoms with van der Waals surface area (Å²) in [6.07, 6.45) is 29.7. The summed E-state index contributed by atoms with van der Waals surface area (Å²) in [7, 11) is 3.12. The van der Waals surface area contributed by atoms with Gasteiger partial charge < -0.3 is 4.90 Å². The first-order chi connectivity index (χ1) is 18.0. The second kappa shape index (κ2) is 12.5. The largest absolute Gasteiger partial charge is 0.371 e. The van der Waals surface area contributed by atoms with Crippen molar-refractivity contribution >= 4 is 40.9 Å². The molecule has 0 aliphatic carbocycles. The molecule has 5 nitrogen and oxygen atoms in total. The van der Waals surface area contributed by atoms with Crippen molar-refractivity contribution in [2.75, 3.05) is 32.1 Å². The van der Waals surface area contributed by atoms with Crippen LogP contribution in [-0.4, -0.2) is 53.9 Å². The predicted octanol–water partition coefficient (Wildman–Crippen LogP) is 5.32. The van der Waals surface area contributed by atoms with Gasteiger partial charge in [-0.3, -0.25) is 19.4 Å². The highest BCUT2D eigenvalue weighted by Crippen LogP contribution is 2.36. The standard InChI is InChI=1S/C31H33N3O2S/c1-32-29(35)27(30(36)33(2)31(32)37)19-13-11-9-7-5-3-4-6-8-10-12-16-24-22-25-17-14-20-34-21-15-18-26(23-24)28(25)34/h3-13,16,19,22-23H,14-15,17-18,20-21H2,1-2H3/b5-3+,6-4+,9-7+,10-8+,13-11+,16-12+. The number of carbonyl (C=O) groups is 2. The van der Waals surface area contributed by atoms with Crippen molar-refractivity contribution in [1.29, 1.82) is 0 Å². The zero-order valence-corrected chi connectivity index (χ0v) is 22.3. The van der Waals surface area contributed by atoms with Gasteiger partial charge in [0.15, 0.2) is 5.11 Å². The van der Waals surface area contributed by atoms with Crippen LogP contribution >= 0.6 is 12.2 Å². The smallest absolute Gasteiger partial charge is 0.265 e. The van der Waals surface area contributed by atoms with Crippen molar-refractivity contribution in [3.05, 3.63) is 107 Å². The van der Waals surface area contributed by atoms with Crippen molar-refractivity contribution < 1.29 is 9.59 Å². The van der Waals surface area contributed by atoms with Gasteiger partial charge in [0.25, 0.3) is 11.8 Å². The fourth-order valence-corrected chi connectivity index (χ4v) is 4.98. The third-order valence-corrected chi connectivity index (χ3v) is 7.21. The molecule has 2 amide bonds. The van der Waals surface area contributed by atoms with Crippen LogP contribution in [0.4, 0.5) is 5.69 Å². The first-order valence-corrected chi connectivity index (χ1v) is 13.1. The number of likely N-dealkylation sites (N-methyl/N-ethyl adjacent to an activating group) is 2. The highest BCUT2D eigenvalue weighted by molar-refractivity contribution is 7.80. The number of anilines is 1. The Balaban J connectivity index is 1.23. The molecule has 1 saturated heterocycles. The first-order valence-electron chi connectivity index (χ1n) is 12.7. The Bertz CT molecular complexity index is 1220. The van der Waals surface area contributed by atoms with E-state index in [0.29, 0.717) is 0 Å². The zero-order chi connectivity index (χ0) is 26.2. The molecule has 0 spiro atoms. The highest BCUT2D eigenvalue weighted by atomic mass is 32.1. The van der Waals surface area contributed by atoms with Crippen LogP contribution in [0.5, 0.6) is 0 Å². The molecule has 4 rings (SSSR count). The molecule has 3 heterocycles. The number of nitrogens with zero attached hydrogens (tertiary/aromatic N) is 3. The molecule has 0 radical (unpaired) electrons. The van der Waals surface area contributed by atoms with E-state index in [1.54, 1.807) is 26.2 Å². The molecule has 1 aromatic rings. The minimum absolute atomic E-state index is 0.0930. The van der Waals surface area contributed by atoms with E-state index in [1.807, 2.05) is 48.6 Å². The van der Waals surface area contributed by atoms with E-state index in [1.165, 1.54) is 77.0 Å². The maximum absolute atomic E-state index is 12.2. The summed E-state index contributed by atoms with van der Waals surface area (Å²) in [4.78, 5) is 29.6. The lowest BCUT2D eigenvalue weighted by Gasteiger charge is -2.37. The molecule has 0 atom stereocenters. The van der Waals surface area contributed by atoms with Crippen LogP contribution in [0.1, 0.15) is 29.5 Å². The molecule has 1 aromatic carbocycles. The Morgan fingerprint density at radius 2 is 1.16 bits per heavy atom. The normalized spacial score (nSPS) is 18.8. The number of rotatable bonds is 7. The fraction of sp³-hybridized carbons (Fsp3) is 0.258. The Morgan fingerprint density at radius 3 is 1.68 bits per heavy atom. The SMILES string of the molecule is CN1C(=O)C(=C/C=C/C=C/C=C/C=C/C=C/C=C/c2cc3c4c(c2)CCCN4CCC3)C(=O)N(C)C1=S. The Morgan fingerprint density at radius 1 is 0.703 bits per heavy atom. The Hall–Kier alpha value is -3.77. The van der Waals surface area contributed by atoms with Crippen molar-refractivity contribution in [3.63, 3.8) is 0 Å². The summed E-state index contributed by atoms with van der Waals surface area (Å²) in [5.41, 5.74) is 5.92. The van der Waals surface area contributed by atoms with E-state index in [9.17, 15) is 9.59 Å². The number of aryl methyl sites for hydroxylation is 2. The third-order valence-electron chi connectivity index (χ3n) is 6.66. The molecule has 0 unspecified atom stereocenters. The van der Waals surface area contributed by atoms with E-state index in [0.717, 1.165) is 0 Å². The van der Waals surface area contributed by atoms with Crippen LogP contribution in [-0.2, 0) is 22.4 Å². The molecule has 1 fully saturated rings. The molecule has 0 aromatic heterocycles. The number of hydrogen-bond donors (Lipinski definition) is 0. The van der Waals surface area contributed by atoms with Crippen molar-refractivity contribution in [1.82, 2.24) is 9.80 Å². The van der Waals surface area contributed by atoms with Crippen molar-refractivity contribution in [2.45, 2.75) is 25.7 Å². The summed E-state index contributed by atoms with van der Waals surface area (Å²) in [6.45, 7) is 2.42. The molecule has 3 aliphatic rings. The molecule has 190 valence electrons. The molecular formula is C31H33N3O2S. The van der Waals surface area contributed by atoms with Crippen LogP contribution in [0.15, 0.2) is 90.6 Å². The minimum atomic E-state index is -0.390. The topological polar surface area (TPSA) is 43.9 Å². The first kappa shape index (κ1) is 26.3. The van der Waals surface area contributed by atoms with Gasteiger partial charge in [0.1, 0.15) is 5.57 Å². The maximum atomic E-state index is 12.2. The van der Waals surface area contributed by atoms with Crippen LogP contribution in [0.2, 0.25) is 0 Å². The maximum Gasteiger partial charge on any atom is 0.265 e. The van der Waals surface area contributed by atoms with Crippen molar-refractivity contribution in [2.24, 2.45) is 0 Å². The monoisotopic (exact) mass is 511 g/mol. The van der Waals surface area contributed by atoms with Gasteiger partial charge in [-0.15, -0.1) is 0 Å². The predicted molar refractivity (Wildman–Crippen MR) is 156 cm³/mol. The number of hydrogen-bond acceptors (Lipinski definition) is 4. The zero-order valence-electron chi connectivity index (χ0n) is 21.5. The highest BCUT2D eigenvalue weighted by Gasteiger charge is 2.34. The summed E-state index contributed by atoms with van der Waals surface area (Å²) < 4.78 is 0. The number of thiocarbonyl (C=S) groups is 1. The molecular weight excluding hydrogens is 478 g/mol. The minimum Gasteiger partial charge on any atom is -0.371 e. The lowest BCUT2D eigenvalue weighted by atomic mass is 9.90. The summed E-state index contributed by atoms with van der Waals surface area (Å²) in [6, 6.07) is 4.71. The Kier molecular flexibility index (Phi) is 8.86. The van der Waals surface area contributed by atoms with Crippen molar-refractivity contribution in [3.8, 4) is 0 Å². The quantitative estimate of drug-likeness (QED) is 0.215. The lowest BCUT2D eigenvalue weighted by Crippen LogP contribution is -2.52. The van der Waals surface area contributed by atoms with Gasteiger partial charge >= 0.3 is 0 Å². The van der Waals surface area contributed by atoms with E-state index in [2.05, 4.69) is 29.2 Å². The van der Waals surface area contributed by atoms with Crippen LogP contribution in [0, 0.1) is 0 Å². The second-order valence-electron chi connectivity index (χ2n) is 9.26. The van der Waals surface area contributed by atoms with Gasteiger partial charge in [-0.1, -0.05) is 72.9 Å². The Labute approximate surface area is 225 Å². The number of benzene rings is 1. The summed E-state index contributed by atoms with van der Waals surface area (Å²) >= 11 is 5.08. The van der Waals surface area contributed by atoms with E-state index in [-0.39, 0.29) is 10.7 Å². The molecule has 0 bridgehead atoms. The van der Waals surface area contributed by atoms with Gasteiger partial charge in [-0.25, -0.2) is 0 Å². The molecule has 37 heavy (non-hydrogen) atoms. The number of carbonyl (C=O) groups excluding carboxylic acids is 2. The van der Waals surface area contributed by atoms with Crippen LogP contribution in [0.25, 0.3) is 6.08 Å². The van der Waals surface area contributed by atoms with Gasteiger partial charge in [0.2, 0.25) is 0 Å². The van der Waals surface area contributed by atoms with Gasteiger partial charge in [0.05, 0.1) is 0 Å². The van der Waals surface area contributed by atoms with Crippen LogP contribution < -0.4 is 4.90 Å².